The summed E-state index contributed by atoms with van der Waals surface area (Å²) >= 11 is 12.2. The monoisotopic (exact) mass is 516 g/mol. The number of halogens is 2. The third-order valence-electron chi connectivity index (χ3n) is 5.48. The third kappa shape index (κ3) is 5.99. The van der Waals surface area contributed by atoms with Crippen molar-refractivity contribution in [2.75, 3.05) is 33.2 Å². The van der Waals surface area contributed by atoms with Crippen LogP contribution in [0.25, 0.3) is 11.1 Å². The molecular formula is C26H26Cl2N2O5. The number of benzene rings is 3. The summed E-state index contributed by atoms with van der Waals surface area (Å²) in [6, 6.07) is 14.6. The highest BCUT2D eigenvalue weighted by atomic mass is 35.5. The molecule has 0 bridgehead atoms. The lowest BCUT2D eigenvalue weighted by Crippen LogP contribution is -2.42. The molecule has 0 aliphatic rings. The summed E-state index contributed by atoms with van der Waals surface area (Å²) in [5.41, 5.74) is 3.31. The molecule has 0 heterocycles. The van der Waals surface area contributed by atoms with Crippen molar-refractivity contribution in [3.63, 3.8) is 0 Å². The first-order valence-electron chi connectivity index (χ1n) is 10.7. The normalized spacial score (nSPS) is 11.5. The Labute approximate surface area is 214 Å². The Morgan fingerprint density at radius 1 is 0.971 bits per heavy atom. The van der Waals surface area contributed by atoms with Crippen LogP contribution in [0.3, 0.4) is 0 Å². The number of amides is 1. The van der Waals surface area contributed by atoms with Crippen molar-refractivity contribution in [3.05, 3.63) is 75.8 Å². The van der Waals surface area contributed by atoms with Crippen LogP contribution in [0.1, 0.15) is 15.9 Å². The van der Waals surface area contributed by atoms with Crippen LogP contribution in [0.15, 0.2) is 54.6 Å². The smallest absolute Gasteiger partial charge is 0.326 e. The van der Waals surface area contributed by atoms with E-state index in [-0.39, 0.29) is 22.0 Å². The van der Waals surface area contributed by atoms with Crippen molar-refractivity contribution >= 4 is 40.8 Å². The highest BCUT2D eigenvalue weighted by Crippen LogP contribution is 2.41. The summed E-state index contributed by atoms with van der Waals surface area (Å²) in [5.74, 6) is -0.533. The topological polar surface area (TPSA) is 88.1 Å². The summed E-state index contributed by atoms with van der Waals surface area (Å²) in [6.07, 6.45) is 0.0667. The number of carboxylic acid groups (broad SMARTS) is 1. The first-order valence-corrected chi connectivity index (χ1v) is 11.4. The molecule has 1 amide bonds. The Morgan fingerprint density at radius 3 is 1.97 bits per heavy atom. The lowest BCUT2D eigenvalue weighted by atomic mass is 9.98. The van der Waals surface area contributed by atoms with Gasteiger partial charge in [-0.3, -0.25) is 4.79 Å². The summed E-state index contributed by atoms with van der Waals surface area (Å²) in [7, 11) is 7.05. The maximum Gasteiger partial charge on any atom is 0.326 e. The predicted octanol–water partition coefficient (Wildman–Crippen LogP) is 5.17. The Bertz CT molecular complexity index is 1180. The summed E-state index contributed by atoms with van der Waals surface area (Å²) in [6.45, 7) is 0. The first-order chi connectivity index (χ1) is 16.7. The molecule has 0 aliphatic heterocycles. The van der Waals surface area contributed by atoms with Gasteiger partial charge in [0.15, 0.2) is 0 Å². The molecule has 35 heavy (non-hydrogen) atoms. The molecule has 0 fully saturated rings. The van der Waals surface area contributed by atoms with E-state index < -0.39 is 17.9 Å². The van der Waals surface area contributed by atoms with Crippen LogP contribution < -0.4 is 19.7 Å². The molecular weight excluding hydrogens is 491 g/mol. The molecule has 0 saturated heterocycles. The van der Waals surface area contributed by atoms with E-state index in [1.54, 1.807) is 32.4 Å². The molecule has 3 aromatic carbocycles. The maximum absolute atomic E-state index is 12.7. The van der Waals surface area contributed by atoms with E-state index >= 15 is 0 Å². The van der Waals surface area contributed by atoms with Crippen LogP contribution in [0, 0.1) is 0 Å². The third-order valence-corrected chi connectivity index (χ3v) is 6.11. The lowest BCUT2D eigenvalue weighted by molar-refractivity contribution is -0.139. The minimum Gasteiger partial charge on any atom is -0.496 e. The van der Waals surface area contributed by atoms with Gasteiger partial charge in [0.05, 0.1) is 35.4 Å². The van der Waals surface area contributed by atoms with E-state index in [1.165, 1.54) is 12.1 Å². The standard InChI is InChI=1S/C26H26Cl2N2O5/c1-30(2)17-13-21(34-3)23(22(14-17)35-4)16-10-8-15(9-11-16)12-20(26(32)33)29-25(31)24-18(27)6-5-7-19(24)28/h5-11,13-14,20H,12H2,1-4H3,(H,29,31)(H,32,33)/t20-/m0/s1. The second-order valence-electron chi connectivity index (χ2n) is 7.98. The molecule has 9 heteroatoms. The average Bonchev–Trinajstić information content (AvgIpc) is 2.83. The van der Waals surface area contributed by atoms with Crippen LogP contribution in [0.4, 0.5) is 5.69 Å². The Hall–Kier alpha value is -3.42. The van der Waals surface area contributed by atoms with Crippen molar-refractivity contribution in [1.29, 1.82) is 0 Å². The molecule has 0 aromatic heterocycles. The zero-order valence-corrected chi connectivity index (χ0v) is 21.3. The van der Waals surface area contributed by atoms with Crippen molar-refractivity contribution in [3.8, 4) is 22.6 Å². The van der Waals surface area contributed by atoms with Gasteiger partial charge < -0.3 is 24.8 Å². The molecule has 1 atom stereocenters. The van der Waals surface area contributed by atoms with Crippen molar-refractivity contribution in [1.82, 2.24) is 5.32 Å². The second-order valence-corrected chi connectivity index (χ2v) is 8.80. The molecule has 184 valence electrons. The largest absolute Gasteiger partial charge is 0.496 e. The number of ether oxygens (including phenoxy) is 2. The fourth-order valence-corrected chi connectivity index (χ4v) is 4.20. The van der Waals surface area contributed by atoms with Crippen LogP contribution in [0.5, 0.6) is 11.5 Å². The fraction of sp³-hybridized carbons (Fsp3) is 0.231. The van der Waals surface area contributed by atoms with E-state index in [4.69, 9.17) is 32.7 Å². The highest BCUT2D eigenvalue weighted by Gasteiger charge is 2.24. The van der Waals surface area contributed by atoms with Gasteiger partial charge >= 0.3 is 5.97 Å². The van der Waals surface area contributed by atoms with Gasteiger partial charge in [-0.1, -0.05) is 53.5 Å². The summed E-state index contributed by atoms with van der Waals surface area (Å²) < 4.78 is 11.2. The Morgan fingerprint density at radius 2 is 1.51 bits per heavy atom. The number of anilines is 1. The molecule has 3 aromatic rings. The van der Waals surface area contributed by atoms with E-state index in [9.17, 15) is 14.7 Å². The van der Waals surface area contributed by atoms with Gasteiger partial charge in [-0.2, -0.15) is 0 Å². The zero-order valence-electron chi connectivity index (χ0n) is 19.8. The van der Waals surface area contributed by atoms with Gasteiger partial charge in [-0.05, 0) is 23.3 Å². The molecule has 0 unspecified atom stereocenters. The molecule has 3 rings (SSSR count). The van der Waals surface area contributed by atoms with Gasteiger partial charge in [-0.15, -0.1) is 0 Å². The fourth-order valence-electron chi connectivity index (χ4n) is 3.63. The van der Waals surface area contributed by atoms with Crippen molar-refractivity contribution in [2.24, 2.45) is 0 Å². The first kappa shape index (κ1) is 26.2. The van der Waals surface area contributed by atoms with E-state index in [1.807, 2.05) is 43.3 Å². The Kier molecular flexibility index (Phi) is 8.48. The second kappa shape index (κ2) is 11.3. The van der Waals surface area contributed by atoms with E-state index in [2.05, 4.69) is 5.32 Å². The number of methoxy groups -OCH3 is 2. The number of carbonyl (C=O) groups excluding carboxylic acids is 1. The number of carboxylic acids is 1. The maximum atomic E-state index is 12.7. The SMILES string of the molecule is COc1cc(N(C)C)cc(OC)c1-c1ccc(C[C@H](NC(=O)c2c(Cl)cccc2Cl)C(=O)O)cc1. The molecule has 7 nitrogen and oxygen atoms in total. The lowest BCUT2D eigenvalue weighted by Gasteiger charge is -2.20. The van der Waals surface area contributed by atoms with Gasteiger partial charge in [-0.25, -0.2) is 4.79 Å². The number of nitrogens with zero attached hydrogens (tertiary/aromatic N) is 1. The molecule has 0 aliphatic carbocycles. The van der Waals surface area contributed by atoms with Crippen molar-refractivity contribution in [2.45, 2.75) is 12.5 Å². The van der Waals surface area contributed by atoms with Gasteiger partial charge in [0, 0.05) is 38.3 Å². The number of nitrogens with one attached hydrogen (secondary N) is 1. The quantitative estimate of drug-likeness (QED) is 0.407. The number of hydrogen-bond acceptors (Lipinski definition) is 5. The molecule has 2 N–H and O–H groups in total. The van der Waals surface area contributed by atoms with E-state index in [0.29, 0.717) is 11.5 Å². The minimum atomic E-state index is -1.18. The zero-order chi connectivity index (χ0) is 25.7. The number of carbonyl (C=O) groups is 2. The molecule has 0 radical (unpaired) electrons. The number of hydrogen-bond donors (Lipinski definition) is 2. The number of rotatable bonds is 9. The molecule has 0 saturated carbocycles. The highest BCUT2D eigenvalue weighted by molar-refractivity contribution is 6.39. The summed E-state index contributed by atoms with van der Waals surface area (Å²) in [4.78, 5) is 26.5. The average molecular weight is 517 g/mol. The van der Waals surface area contributed by atoms with Crippen LogP contribution in [-0.4, -0.2) is 51.3 Å². The van der Waals surface area contributed by atoms with Crippen LogP contribution in [-0.2, 0) is 11.2 Å². The predicted molar refractivity (Wildman–Crippen MR) is 138 cm³/mol. The summed E-state index contributed by atoms with van der Waals surface area (Å²) in [5, 5.41) is 12.5. The van der Waals surface area contributed by atoms with Crippen LogP contribution >= 0.6 is 23.2 Å². The minimum absolute atomic E-state index is 0.0396. The van der Waals surface area contributed by atoms with Crippen LogP contribution in [0.2, 0.25) is 10.0 Å². The number of aliphatic carboxylic acids is 1. The van der Waals surface area contributed by atoms with E-state index in [0.717, 1.165) is 22.4 Å². The van der Waals surface area contributed by atoms with Gasteiger partial charge in [0.2, 0.25) is 0 Å². The molecule has 0 spiro atoms. The van der Waals surface area contributed by atoms with Crippen molar-refractivity contribution < 1.29 is 24.2 Å². The van der Waals surface area contributed by atoms with Gasteiger partial charge in [0.1, 0.15) is 17.5 Å². The van der Waals surface area contributed by atoms with Gasteiger partial charge in [0.25, 0.3) is 5.91 Å². The Balaban J connectivity index is 1.85.